The minimum atomic E-state index is 0. The van der Waals surface area contributed by atoms with E-state index >= 15 is 0 Å². The fourth-order valence-corrected chi connectivity index (χ4v) is 4.92. The van der Waals surface area contributed by atoms with Crippen molar-refractivity contribution in [3.63, 3.8) is 0 Å². The Morgan fingerprint density at radius 1 is 0.532 bits per heavy atom. The number of hydrogen-bond donors (Lipinski definition) is 0. The van der Waals surface area contributed by atoms with Gasteiger partial charge in [-0.25, -0.2) is 0 Å². The topological polar surface area (TPSA) is 51.8 Å². The van der Waals surface area contributed by atoms with E-state index in [1.54, 1.807) is 12.4 Å². The van der Waals surface area contributed by atoms with Crippen LogP contribution in [-0.2, 0) is 20.1 Å². The Hall–Kier alpha value is -5.22. The van der Waals surface area contributed by atoms with Crippen LogP contribution >= 0.6 is 0 Å². The second-order valence-corrected chi connectivity index (χ2v) is 10.8. The quantitative estimate of drug-likeness (QED) is 0.167. The number of pyridine rings is 3. The molecule has 4 aromatic heterocycles. The van der Waals surface area contributed by atoms with Gasteiger partial charge in [0.25, 0.3) is 0 Å². The summed E-state index contributed by atoms with van der Waals surface area (Å²) in [4.78, 5) is 13.0. The number of fused-ring (bicyclic) bond motifs is 3. The van der Waals surface area contributed by atoms with Crippen molar-refractivity contribution in [1.82, 2.24) is 15.0 Å². The molecule has 0 fully saturated rings. The Labute approximate surface area is 289 Å². The Morgan fingerprint density at radius 3 is 1.68 bits per heavy atom. The molecule has 4 heterocycles. The van der Waals surface area contributed by atoms with Gasteiger partial charge in [0.1, 0.15) is 5.58 Å². The van der Waals surface area contributed by atoms with Crippen molar-refractivity contribution < 1.29 is 24.5 Å². The molecule has 4 aromatic carbocycles. The number of hydrogen-bond acceptors (Lipinski definition) is 4. The predicted molar refractivity (Wildman–Crippen MR) is 187 cm³/mol. The molecule has 8 aromatic rings. The van der Waals surface area contributed by atoms with Gasteiger partial charge in [-0.1, -0.05) is 79.4 Å². The Morgan fingerprint density at radius 2 is 1.15 bits per heavy atom. The second kappa shape index (κ2) is 16.4. The Balaban J connectivity index is 0.000000148. The molecule has 0 aliphatic carbocycles. The SMILES string of the molecule is CC(C)c1ccc(-c2[c-]ccc3c2oc2ccccc23)nc1.[Ir+3].[c-]1ccccc1-c1ccccn1.[c-]1ccccc1-c1ccccn1. The van der Waals surface area contributed by atoms with Gasteiger partial charge in [0, 0.05) is 24.0 Å². The van der Waals surface area contributed by atoms with Gasteiger partial charge in [-0.05, 0) is 46.8 Å². The maximum Gasteiger partial charge on any atom is 3.00 e. The molecule has 0 spiro atoms. The maximum atomic E-state index is 6.04. The van der Waals surface area contributed by atoms with Crippen LogP contribution in [0.3, 0.4) is 0 Å². The number of nitrogens with zero attached hydrogens (tertiary/aromatic N) is 3. The molecule has 0 aliphatic rings. The van der Waals surface area contributed by atoms with E-state index in [4.69, 9.17) is 4.42 Å². The van der Waals surface area contributed by atoms with Crippen molar-refractivity contribution in [3.05, 3.63) is 176 Å². The Bertz CT molecular complexity index is 1950. The first-order valence-corrected chi connectivity index (χ1v) is 15.2. The summed E-state index contributed by atoms with van der Waals surface area (Å²) in [7, 11) is 0. The van der Waals surface area contributed by atoms with Crippen LogP contribution in [0.1, 0.15) is 25.3 Å². The first-order valence-electron chi connectivity index (χ1n) is 15.2. The van der Waals surface area contributed by atoms with Crippen LogP contribution in [0.2, 0.25) is 0 Å². The van der Waals surface area contributed by atoms with Crippen molar-refractivity contribution in [1.29, 1.82) is 0 Å². The molecule has 47 heavy (non-hydrogen) atoms. The smallest absolute Gasteiger partial charge is 0.501 e. The van der Waals surface area contributed by atoms with E-state index in [1.807, 2.05) is 128 Å². The molecule has 0 N–H and O–H groups in total. The van der Waals surface area contributed by atoms with Crippen molar-refractivity contribution >= 4 is 21.9 Å². The molecule has 0 atom stereocenters. The van der Waals surface area contributed by atoms with Crippen molar-refractivity contribution in [3.8, 4) is 33.8 Å². The van der Waals surface area contributed by atoms with Crippen LogP contribution in [-0.4, -0.2) is 15.0 Å². The fourth-order valence-electron chi connectivity index (χ4n) is 4.92. The van der Waals surface area contributed by atoms with E-state index in [2.05, 4.69) is 59.1 Å². The number of furan rings is 1. The van der Waals surface area contributed by atoms with E-state index in [0.717, 1.165) is 55.7 Å². The molecule has 5 heteroatoms. The van der Waals surface area contributed by atoms with E-state index < -0.39 is 0 Å². The van der Waals surface area contributed by atoms with Crippen LogP contribution in [0.25, 0.3) is 55.7 Å². The van der Waals surface area contributed by atoms with E-state index in [1.165, 1.54) is 5.56 Å². The first kappa shape index (κ1) is 33.2. The fraction of sp³-hybridized carbons (Fsp3) is 0.0714. The molecular formula is C42H32IrN3O. The van der Waals surface area contributed by atoms with E-state index in [9.17, 15) is 0 Å². The van der Waals surface area contributed by atoms with E-state index in [-0.39, 0.29) is 20.1 Å². The van der Waals surface area contributed by atoms with Crippen LogP contribution < -0.4 is 0 Å². The molecule has 0 saturated carbocycles. The molecule has 0 unspecified atom stereocenters. The minimum absolute atomic E-state index is 0. The van der Waals surface area contributed by atoms with Gasteiger partial charge in [0.2, 0.25) is 0 Å². The minimum Gasteiger partial charge on any atom is -0.501 e. The van der Waals surface area contributed by atoms with Crippen molar-refractivity contribution in [2.75, 3.05) is 0 Å². The summed E-state index contributed by atoms with van der Waals surface area (Å²) in [5.41, 5.74) is 8.83. The first-order chi connectivity index (χ1) is 22.7. The zero-order valence-electron chi connectivity index (χ0n) is 26.1. The molecule has 4 nitrogen and oxygen atoms in total. The molecule has 230 valence electrons. The predicted octanol–water partition coefficient (Wildman–Crippen LogP) is 10.7. The molecular weight excluding hydrogens is 755 g/mol. The molecule has 8 rings (SSSR count). The largest absolute Gasteiger partial charge is 3.00 e. The molecule has 0 radical (unpaired) electrons. The molecule has 0 saturated heterocycles. The van der Waals surface area contributed by atoms with Gasteiger partial charge in [0.15, 0.2) is 0 Å². The summed E-state index contributed by atoms with van der Waals surface area (Å²) in [6, 6.07) is 53.2. The van der Waals surface area contributed by atoms with Crippen LogP contribution in [0.5, 0.6) is 0 Å². The standard InChI is InChI=1S/C20H16NO.2C11H8N.Ir/c1-13(2)14-10-11-18(21-12-14)17-8-5-7-16-15-6-3-4-9-19(15)22-20(16)17;2*1-2-6-10(7-3-1)11-8-4-5-9-12-11;/h3-7,9-13H,1-2H3;2*1-6,8-9H;/q3*-1;+3. The third-order valence-corrected chi connectivity index (χ3v) is 7.35. The summed E-state index contributed by atoms with van der Waals surface area (Å²) in [5.74, 6) is 0.479. The summed E-state index contributed by atoms with van der Waals surface area (Å²) in [6.45, 7) is 4.34. The summed E-state index contributed by atoms with van der Waals surface area (Å²) in [6.07, 6.45) is 5.52. The molecule has 0 aliphatic heterocycles. The van der Waals surface area contributed by atoms with Gasteiger partial charge in [0.05, 0.1) is 5.58 Å². The van der Waals surface area contributed by atoms with Gasteiger partial charge in [-0.2, -0.15) is 0 Å². The van der Waals surface area contributed by atoms with Gasteiger partial charge < -0.3 is 19.4 Å². The average molecular weight is 787 g/mol. The summed E-state index contributed by atoms with van der Waals surface area (Å²) in [5, 5.41) is 2.24. The Kier molecular flexibility index (Phi) is 11.5. The number of para-hydroxylation sites is 1. The van der Waals surface area contributed by atoms with Gasteiger partial charge in [-0.15, -0.1) is 90.0 Å². The zero-order chi connectivity index (χ0) is 31.6. The third kappa shape index (κ3) is 8.33. The van der Waals surface area contributed by atoms with E-state index in [0.29, 0.717) is 5.92 Å². The van der Waals surface area contributed by atoms with Crippen LogP contribution in [0.4, 0.5) is 0 Å². The van der Waals surface area contributed by atoms with Gasteiger partial charge >= 0.3 is 20.1 Å². The third-order valence-electron chi connectivity index (χ3n) is 7.35. The normalized spacial score (nSPS) is 10.4. The zero-order valence-corrected chi connectivity index (χ0v) is 28.5. The van der Waals surface area contributed by atoms with Crippen molar-refractivity contribution in [2.45, 2.75) is 19.8 Å². The molecule has 0 amide bonds. The molecule has 0 bridgehead atoms. The second-order valence-electron chi connectivity index (χ2n) is 10.8. The number of benzene rings is 4. The average Bonchev–Trinajstić information content (AvgIpc) is 3.53. The van der Waals surface area contributed by atoms with Crippen LogP contribution in [0.15, 0.2) is 156 Å². The van der Waals surface area contributed by atoms with Gasteiger partial charge in [-0.3, -0.25) is 0 Å². The van der Waals surface area contributed by atoms with Crippen LogP contribution in [0, 0.1) is 18.2 Å². The number of rotatable bonds is 4. The maximum absolute atomic E-state index is 6.04. The summed E-state index contributed by atoms with van der Waals surface area (Å²) < 4.78 is 6.04. The summed E-state index contributed by atoms with van der Waals surface area (Å²) >= 11 is 0. The number of aromatic nitrogens is 3. The monoisotopic (exact) mass is 787 g/mol. The van der Waals surface area contributed by atoms with Crippen molar-refractivity contribution in [2.24, 2.45) is 0 Å².